The monoisotopic (exact) mass is 253 g/mol. The van der Waals surface area contributed by atoms with Crippen molar-refractivity contribution in [3.63, 3.8) is 0 Å². The molecule has 0 unspecified atom stereocenters. The summed E-state index contributed by atoms with van der Waals surface area (Å²) in [6.45, 7) is 1.14. The van der Waals surface area contributed by atoms with Crippen LogP contribution in [0.4, 0.5) is 5.69 Å². The van der Waals surface area contributed by atoms with Crippen LogP contribution in [0.15, 0.2) is 42.5 Å². The molecule has 0 amide bonds. The maximum Gasteiger partial charge on any atom is 0.0346 e. The minimum Gasteiger partial charge on any atom is -0.385 e. The summed E-state index contributed by atoms with van der Waals surface area (Å²) in [6, 6.07) is 15.3. The van der Waals surface area contributed by atoms with Gasteiger partial charge in [0, 0.05) is 12.2 Å². The molecule has 1 fully saturated rings. The Morgan fingerprint density at radius 1 is 0.842 bits per heavy atom. The predicted octanol–water partition coefficient (Wildman–Crippen LogP) is 5.22. The molecule has 0 atom stereocenters. The molecule has 0 spiro atoms. The van der Waals surface area contributed by atoms with Crippen molar-refractivity contribution in [3.05, 3.63) is 42.5 Å². The molecule has 1 aliphatic rings. The van der Waals surface area contributed by atoms with Crippen LogP contribution in [0, 0.1) is 5.92 Å². The molecule has 1 N–H and O–H groups in total. The predicted molar refractivity (Wildman–Crippen MR) is 83.6 cm³/mol. The topological polar surface area (TPSA) is 12.0 Å². The fourth-order valence-corrected chi connectivity index (χ4v) is 3.13. The Bertz CT molecular complexity index is 524. The van der Waals surface area contributed by atoms with Gasteiger partial charge in [0.05, 0.1) is 0 Å². The van der Waals surface area contributed by atoms with Gasteiger partial charge >= 0.3 is 0 Å². The number of nitrogens with one attached hydrogen (secondary N) is 1. The third-order valence-corrected chi connectivity index (χ3v) is 4.32. The molecule has 100 valence electrons. The van der Waals surface area contributed by atoms with Crippen LogP contribution in [0.1, 0.15) is 38.5 Å². The number of fused-ring (bicyclic) bond motifs is 1. The van der Waals surface area contributed by atoms with Gasteiger partial charge in [-0.25, -0.2) is 0 Å². The van der Waals surface area contributed by atoms with Crippen molar-refractivity contribution in [2.45, 2.75) is 38.5 Å². The van der Waals surface area contributed by atoms with Gasteiger partial charge in [-0.1, -0.05) is 56.0 Å². The molecule has 2 aromatic rings. The Balaban J connectivity index is 1.64. The quantitative estimate of drug-likeness (QED) is 0.739. The number of anilines is 1. The van der Waals surface area contributed by atoms with Crippen LogP contribution in [0.2, 0.25) is 0 Å². The van der Waals surface area contributed by atoms with Gasteiger partial charge in [0.15, 0.2) is 0 Å². The van der Waals surface area contributed by atoms with E-state index in [0.29, 0.717) is 0 Å². The maximum atomic E-state index is 3.63. The number of benzene rings is 2. The van der Waals surface area contributed by atoms with Crippen molar-refractivity contribution in [1.82, 2.24) is 0 Å². The lowest BCUT2D eigenvalue weighted by molar-refractivity contribution is 0.483. The average molecular weight is 253 g/mol. The zero-order valence-electron chi connectivity index (χ0n) is 11.6. The first kappa shape index (κ1) is 12.5. The standard InChI is InChI=1S/C18H23N/c1-2-4-8-15(7-3-1)14-19-18-12-11-16-9-5-6-10-17(16)13-18/h5-6,9-13,15,19H,1-4,7-8,14H2. The molecule has 0 saturated heterocycles. The second-order valence-electron chi connectivity index (χ2n) is 5.80. The third kappa shape index (κ3) is 3.28. The van der Waals surface area contributed by atoms with Crippen LogP contribution in [-0.4, -0.2) is 6.54 Å². The van der Waals surface area contributed by atoms with E-state index < -0.39 is 0 Å². The second kappa shape index (κ2) is 6.10. The SMILES string of the molecule is c1ccc2cc(NCC3CCCCCC3)ccc2c1. The van der Waals surface area contributed by atoms with E-state index in [1.165, 1.54) is 55.0 Å². The van der Waals surface area contributed by atoms with Gasteiger partial charge in [0.25, 0.3) is 0 Å². The van der Waals surface area contributed by atoms with Crippen LogP contribution in [0.5, 0.6) is 0 Å². The van der Waals surface area contributed by atoms with E-state index in [1.807, 2.05) is 0 Å². The molecule has 19 heavy (non-hydrogen) atoms. The average Bonchev–Trinajstić information content (AvgIpc) is 2.73. The lowest BCUT2D eigenvalue weighted by atomic mass is 10.0. The highest BCUT2D eigenvalue weighted by Crippen LogP contribution is 2.24. The Labute approximate surface area is 116 Å². The fourth-order valence-electron chi connectivity index (χ4n) is 3.13. The molecule has 2 aromatic carbocycles. The summed E-state index contributed by atoms with van der Waals surface area (Å²) < 4.78 is 0. The fraction of sp³-hybridized carbons (Fsp3) is 0.444. The van der Waals surface area contributed by atoms with E-state index in [2.05, 4.69) is 47.8 Å². The molecule has 0 aromatic heterocycles. The molecule has 1 heteroatoms. The van der Waals surface area contributed by atoms with E-state index in [4.69, 9.17) is 0 Å². The summed E-state index contributed by atoms with van der Waals surface area (Å²) in [5.74, 6) is 0.869. The van der Waals surface area contributed by atoms with Crippen LogP contribution in [0.25, 0.3) is 10.8 Å². The van der Waals surface area contributed by atoms with Crippen molar-refractivity contribution in [2.24, 2.45) is 5.92 Å². The summed E-state index contributed by atoms with van der Waals surface area (Å²) >= 11 is 0. The molecule has 1 aliphatic carbocycles. The molecule has 1 saturated carbocycles. The maximum absolute atomic E-state index is 3.63. The van der Waals surface area contributed by atoms with E-state index in [9.17, 15) is 0 Å². The summed E-state index contributed by atoms with van der Waals surface area (Å²) in [6.07, 6.45) is 8.52. The van der Waals surface area contributed by atoms with Crippen LogP contribution in [0.3, 0.4) is 0 Å². The van der Waals surface area contributed by atoms with Crippen molar-refractivity contribution < 1.29 is 0 Å². The highest BCUT2D eigenvalue weighted by atomic mass is 14.9. The normalized spacial score (nSPS) is 17.3. The van der Waals surface area contributed by atoms with E-state index >= 15 is 0 Å². The van der Waals surface area contributed by atoms with Gasteiger partial charge in [0.2, 0.25) is 0 Å². The zero-order valence-corrected chi connectivity index (χ0v) is 11.6. The Morgan fingerprint density at radius 3 is 2.37 bits per heavy atom. The molecule has 0 bridgehead atoms. The van der Waals surface area contributed by atoms with Gasteiger partial charge in [-0.2, -0.15) is 0 Å². The summed E-state index contributed by atoms with van der Waals surface area (Å²) in [7, 11) is 0. The molecular formula is C18H23N. The summed E-state index contributed by atoms with van der Waals surface area (Å²) in [5, 5.41) is 6.28. The number of hydrogen-bond donors (Lipinski definition) is 1. The Morgan fingerprint density at radius 2 is 1.58 bits per heavy atom. The highest BCUT2D eigenvalue weighted by Gasteiger charge is 2.11. The number of rotatable bonds is 3. The van der Waals surface area contributed by atoms with E-state index in [0.717, 1.165) is 12.5 Å². The number of hydrogen-bond acceptors (Lipinski definition) is 1. The van der Waals surface area contributed by atoms with Gasteiger partial charge in [0.1, 0.15) is 0 Å². The minimum atomic E-state index is 0.869. The van der Waals surface area contributed by atoms with Gasteiger partial charge in [-0.05, 0) is 41.7 Å². The van der Waals surface area contributed by atoms with Crippen LogP contribution >= 0.6 is 0 Å². The van der Waals surface area contributed by atoms with Crippen LogP contribution < -0.4 is 5.32 Å². The molecule has 0 radical (unpaired) electrons. The lowest BCUT2D eigenvalue weighted by Gasteiger charge is -2.16. The minimum absolute atomic E-state index is 0.869. The smallest absolute Gasteiger partial charge is 0.0346 e. The first-order valence-corrected chi connectivity index (χ1v) is 7.64. The zero-order chi connectivity index (χ0) is 12.9. The molecule has 3 rings (SSSR count). The van der Waals surface area contributed by atoms with Gasteiger partial charge in [-0.3, -0.25) is 0 Å². The van der Waals surface area contributed by atoms with E-state index in [1.54, 1.807) is 0 Å². The van der Waals surface area contributed by atoms with Crippen molar-refractivity contribution in [3.8, 4) is 0 Å². The Hall–Kier alpha value is -1.50. The lowest BCUT2D eigenvalue weighted by Crippen LogP contribution is -2.13. The molecule has 0 aliphatic heterocycles. The van der Waals surface area contributed by atoms with E-state index in [-0.39, 0.29) is 0 Å². The van der Waals surface area contributed by atoms with Crippen molar-refractivity contribution in [1.29, 1.82) is 0 Å². The van der Waals surface area contributed by atoms with Crippen molar-refractivity contribution in [2.75, 3.05) is 11.9 Å². The molecular weight excluding hydrogens is 230 g/mol. The highest BCUT2D eigenvalue weighted by molar-refractivity contribution is 5.85. The summed E-state index contributed by atoms with van der Waals surface area (Å²) in [5.41, 5.74) is 1.27. The van der Waals surface area contributed by atoms with Gasteiger partial charge in [-0.15, -0.1) is 0 Å². The molecule has 1 nitrogen and oxygen atoms in total. The first-order chi connectivity index (χ1) is 9.42. The first-order valence-electron chi connectivity index (χ1n) is 7.64. The Kier molecular flexibility index (Phi) is 4.02. The second-order valence-corrected chi connectivity index (χ2v) is 5.80. The van der Waals surface area contributed by atoms with Gasteiger partial charge < -0.3 is 5.32 Å². The van der Waals surface area contributed by atoms with Crippen LogP contribution in [-0.2, 0) is 0 Å². The largest absolute Gasteiger partial charge is 0.385 e. The van der Waals surface area contributed by atoms with Crippen molar-refractivity contribution >= 4 is 16.5 Å². The third-order valence-electron chi connectivity index (χ3n) is 4.32. The summed E-state index contributed by atoms with van der Waals surface area (Å²) in [4.78, 5) is 0. The molecule has 0 heterocycles.